The molecule has 0 aliphatic carbocycles. The normalized spacial score (nSPS) is 17.0. The highest BCUT2D eigenvalue weighted by molar-refractivity contribution is 5.88. The van der Waals surface area contributed by atoms with E-state index in [9.17, 15) is 9.59 Å². The van der Waals surface area contributed by atoms with Gasteiger partial charge in [0.15, 0.2) is 0 Å². The Balaban J connectivity index is 1.57. The fraction of sp³-hybridized carbons (Fsp3) is 0.300. The van der Waals surface area contributed by atoms with E-state index >= 15 is 0 Å². The van der Waals surface area contributed by atoms with Gasteiger partial charge in [-0.3, -0.25) is 9.59 Å². The molecule has 0 unspecified atom stereocenters. The fourth-order valence-electron chi connectivity index (χ4n) is 3.02. The molecule has 5 heteroatoms. The number of rotatable bonds is 6. The second-order valence-corrected chi connectivity index (χ2v) is 6.08. The molecule has 1 heterocycles. The van der Waals surface area contributed by atoms with Gasteiger partial charge in [-0.05, 0) is 24.1 Å². The molecule has 0 aromatic heterocycles. The number of hydrogen-bond donors (Lipinski definition) is 0. The van der Waals surface area contributed by atoms with Gasteiger partial charge < -0.3 is 14.5 Å². The number of amides is 2. The van der Waals surface area contributed by atoms with Gasteiger partial charge in [0, 0.05) is 13.5 Å². The van der Waals surface area contributed by atoms with E-state index in [1.54, 1.807) is 16.8 Å². The van der Waals surface area contributed by atoms with Crippen molar-refractivity contribution >= 4 is 11.8 Å². The van der Waals surface area contributed by atoms with Crippen LogP contribution < -0.4 is 4.74 Å². The molecule has 1 aliphatic rings. The Bertz CT molecular complexity index is 718. The summed E-state index contributed by atoms with van der Waals surface area (Å²) in [4.78, 5) is 28.0. The number of carbonyl (C=O) groups excluding carboxylic acids is 2. The average Bonchev–Trinajstić information content (AvgIpc) is 2.95. The summed E-state index contributed by atoms with van der Waals surface area (Å²) >= 11 is 0. The van der Waals surface area contributed by atoms with Crippen molar-refractivity contribution in [2.75, 3.05) is 20.2 Å². The maximum Gasteiger partial charge on any atom is 0.243 e. The molecule has 5 nitrogen and oxygen atoms in total. The Hall–Kier alpha value is -2.82. The maximum absolute atomic E-state index is 12.6. The standard InChI is InChI=1S/C20H22N2O3/c1-21-19(24)15-22(20(21)16-9-4-2-5-10-16)18(23)13-8-14-25-17-11-6-3-7-12-17/h2-7,9-12,20H,8,13-15H2,1H3/t20-/m1/s1. The lowest BCUT2D eigenvalue weighted by atomic mass is 10.1. The highest BCUT2D eigenvalue weighted by Crippen LogP contribution is 2.29. The summed E-state index contributed by atoms with van der Waals surface area (Å²) in [5.74, 6) is 0.735. The monoisotopic (exact) mass is 338 g/mol. The van der Waals surface area contributed by atoms with Gasteiger partial charge in [-0.25, -0.2) is 0 Å². The lowest BCUT2D eigenvalue weighted by Gasteiger charge is -2.28. The van der Waals surface area contributed by atoms with Crippen LogP contribution in [0.5, 0.6) is 5.75 Å². The maximum atomic E-state index is 12.6. The van der Waals surface area contributed by atoms with Gasteiger partial charge in [-0.1, -0.05) is 48.5 Å². The number of nitrogens with zero attached hydrogens (tertiary/aromatic N) is 2. The minimum absolute atomic E-state index is 0.0248. The van der Waals surface area contributed by atoms with Crippen LogP contribution >= 0.6 is 0 Å². The van der Waals surface area contributed by atoms with Crippen molar-refractivity contribution < 1.29 is 14.3 Å². The van der Waals surface area contributed by atoms with Crippen molar-refractivity contribution in [2.45, 2.75) is 19.0 Å². The molecule has 25 heavy (non-hydrogen) atoms. The number of likely N-dealkylation sites (N-methyl/N-ethyl adjacent to an activating group) is 1. The topological polar surface area (TPSA) is 49.9 Å². The molecule has 2 aromatic rings. The summed E-state index contributed by atoms with van der Waals surface area (Å²) in [5, 5.41) is 0. The molecule has 0 N–H and O–H groups in total. The van der Waals surface area contributed by atoms with E-state index in [0.29, 0.717) is 19.4 Å². The van der Waals surface area contributed by atoms with E-state index in [1.165, 1.54) is 0 Å². The van der Waals surface area contributed by atoms with Crippen molar-refractivity contribution in [2.24, 2.45) is 0 Å². The van der Waals surface area contributed by atoms with Crippen LogP contribution in [0.15, 0.2) is 60.7 Å². The average molecular weight is 338 g/mol. The highest BCUT2D eigenvalue weighted by Gasteiger charge is 2.38. The number of carbonyl (C=O) groups is 2. The van der Waals surface area contributed by atoms with Crippen molar-refractivity contribution in [3.63, 3.8) is 0 Å². The Labute approximate surface area is 147 Å². The summed E-state index contributed by atoms with van der Waals surface area (Å²) in [7, 11) is 1.74. The van der Waals surface area contributed by atoms with E-state index in [-0.39, 0.29) is 24.5 Å². The van der Waals surface area contributed by atoms with Gasteiger partial charge in [0.05, 0.1) is 6.61 Å². The molecule has 0 bridgehead atoms. The van der Waals surface area contributed by atoms with Crippen LogP contribution in [0.2, 0.25) is 0 Å². The predicted octanol–water partition coefficient (Wildman–Crippen LogP) is 2.84. The zero-order valence-corrected chi connectivity index (χ0v) is 14.3. The van der Waals surface area contributed by atoms with Crippen LogP contribution in [0.4, 0.5) is 0 Å². The Morgan fingerprint density at radius 1 is 1.08 bits per heavy atom. The summed E-state index contributed by atoms with van der Waals surface area (Å²) in [6, 6.07) is 19.2. The van der Waals surface area contributed by atoms with Gasteiger partial charge in [-0.2, -0.15) is 0 Å². The first-order valence-corrected chi connectivity index (χ1v) is 8.45. The number of para-hydroxylation sites is 1. The molecule has 1 saturated heterocycles. The van der Waals surface area contributed by atoms with E-state index in [4.69, 9.17) is 4.74 Å². The number of hydrogen-bond acceptors (Lipinski definition) is 3. The molecule has 130 valence electrons. The molecule has 1 aliphatic heterocycles. The zero-order chi connectivity index (χ0) is 17.6. The second-order valence-electron chi connectivity index (χ2n) is 6.08. The Morgan fingerprint density at radius 3 is 2.40 bits per heavy atom. The third-order valence-electron chi connectivity index (χ3n) is 4.33. The first kappa shape index (κ1) is 17.0. The summed E-state index contributed by atoms with van der Waals surface area (Å²) in [5.41, 5.74) is 0.949. The Kier molecular flexibility index (Phi) is 5.33. The van der Waals surface area contributed by atoms with Crippen LogP contribution in [0.3, 0.4) is 0 Å². The lowest BCUT2D eigenvalue weighted by Crippen LogP contribution is -2.34. The minimum atomic E-state index is -0.323. The summed E-state index contributed by atoms with van der Waals surface area (Å²) in [6.07, 6.45) is 0.650. The van der Waals surface area contributed by atoms with Gasteiger partial charge in [-0.15, -0.1) is 0 Å². The van der Waals surface area contributed by atoms with Gasteiger partial charge in [0.25, 0.3) is 0 Å². The van der Waals surface area contributed by atoms with E-state index < -0.39 is 0 Å². The predicted molar refractivity (Wildman–Crippen MR) is 94.8 cm³/mol. The number of ether oxygens (including phenoxy) is 1. The smallest absolute Gasteiger partial charge is 0.243 e. The van der Waals surface area contributed by atoms with Crippen LogP contribution in [0, 0.1) is 0 Å². The first-order chi connectivity index (χ1) is 12.2. The number of benzene rings is 2. The third kappa shape index (κ3) is 3.99. The molecule has 2 amide bonds. The zero-order valence-electron chi connectivity index (χ0n) is 14.3. The first-order valence-electron chi connectivity index (χ1n) is 8.45. The van der Waals surface area contributed by atoms with E-state index in [0.717, 1.165) is 11.3 Å². The van der Waals surface area contributed by atoms with Crippen molar-refractivity contribution in [1.29, 1.82) is 0 Å². The Morgan fingerprint density at radius 2 is 1.72 bits per heavy atom. The second kappa shape index (κ2) is 7.83. The van der Waals surface area contributed by atoms with Crippen LogP contribution in [0.25, 0.3) is 0 Å². The largest absolute Gasteiger partial charge is 0.494 e. The molecular formula is C20H22N2O3. The molecule has 0 spiro atoms. The quantitative estimate of drug-likeness (QED) is 0.761. The van der Waals surface area contributed by atoms with Crippen LogP contribution in [-0.4, -0.2) is 41.8 Å². The van der Waals surface area contributed by atoms with Crippen molar-refractivity contribution in [3.8, 4) is 5.75 Å². The molecule has 2 aromatic carbocycles. The molecular weight excluding hydrogens is 316 g/mol. The van der Waals surface area contributed by atoms with E-state index in [1.807, 2.05) is 60.7 Å². The third-order valence-corrected chi connectivity index (χ3v) is 4.33. The summed E-state index contributed by atoms with van der Waals surface area (Å²) < 4.78 is 5.62. The van der Waals surface area contributed by atoms with E-state index in [2.05, 4.69) is 0 Å². The van der Waals surface area contributed by atoms with Crippen LogP contribution in [-0.2, 0) is 9.59 Å². The van der Waals surface area contributed by atoms with Gasteiger partial charge >= 0.3 is 0 Å². The van der Waals surface area contributed by atoms with Crippen molar-refractivity contribution in [3.05, 3.63) is 66.2 Å². The fourth-order valence-corrected chi connectivity index (χ4v) is 3.02. The summed E-state index contributed by atoms with van der Waals surface area (Å²) in [6.45, 7) is 0.609. The lowest BCUT2D eigenvalue weighted by molar-refractivity contribution is -0.133. The minimum Gasteiger partial charge on any atom is -0.494 e. The molecule has 1 fully saturated rings. The highest BCUT2D eigenvalue weighted by atomic mass is 16.5. The molecule has 0 saturated carbocycles. The van der Waals surface area contributed by atoms with Crippen molar-refractivity contribution in [1.82, 2.24) is 9.80 Å². The molecule has 0 radical (unpaired) electrons. The van der Waals surface area contributed by atoms with Crippen LogP contribution in [0.1, 0.15) is 24.6 Å². The molecule has 3 rings (SSSR count). The SMILES string of the molecule is CN1C(=O)CN(C(=O)CCCOc2ccccc2)[C@@H]1c1ccccc1. The molecule has 1 atom stereocenters. The van der Waals surface area contributed by atoms with Gasteiger partial charge in [0.2, 0.25) is 11.8 Å². The van der Waals surface area contributed by atoms with Gasteiger partial charge in [0.1, 0.15) is 18.5 Å².